The first-order valence-electron chi connectivity index (χ1n) is 6.14. The highest BCUT2D eigenvalue weighted by molar-refractivity contribution is 6.06. The van der Waals surface area contributed by atoms with Gasteiger partial charge in [-0.2, -0.15) is 0 Å². The van der Waals surface area contributed by atoms with Crippen LogP contribution in [0.4, 0.5) is 14.5 Å². The van der Waals surface area contributed by atoms with Gasteiger partial charge in [0.2, 0.25) is 11.8 Å². The van der Waals surface area contributed by atoms with E-state index in [9.17, 15) is 18.4 Å². The van der Waals surface area contributed by atoms with Gasteiger partial charge in [-0.15, -0.1) is 0 Å². The number of halogens is 2. The predicted molar refractivity (Wildman–Crippen MR) is 63.4 cm³/mol. The third-order valence-electron chi connectivity index (χ3n) is 3.62. The van der Waals surface area contributed by atoms with Gasteiger partial charge in [-0.3, -0.25) is 14.5 Å². The molecule has 0 spiro atoms. The second-order valence-corrected chi connectivity index (χ2v) is 4.77. The Hall–Kier alpha value is -1.98. The van der Waals surface area contributed by atoms with Gasteiger partial charge in [-0.05, 0) is 25.0 Å². The molecule has 6 heteroatoms. The Morgan fingerprint density at radius 3 is 2.79 bits per heavy atom. The summed E-state index contributed by atoms with van der Waals surface area (Å²) in [6, 6.07) is 2.37. The van der Waals surface area contributed by atoms with E-state index in [0.29, 0.717) is 13.0 Å². The molecule has 2 aliphatic heterocycles. The molecule has 0 aromatic heterocycles. The molecule has 1 unspecified atom stereocenters. The molecule has 0 radical (unpaired) electrons. The van der Waals surface area contributed by atoms with E-state index in [0.717, 1.165) is 29.5 Å². The Morgan fingerprint density at radius 2 is 2.00 bits per heavy atom. The Labute approximate surface area is 108 Å². The van der Waals surface area contributed by atoms with Crippen molar-refractivity contribution < 1.29 is 18.4 Å². The smallest absolute Gasteiger partial charge is 0.250 e. The quantitative estimate of drug-likeness (QED) is 0.768. The summed E-state index contributed by atoms with van der Waals surface area (Å²) >= 11 is 0. The zero-order chi connectivity index (χ0) is 13.6. The van der Waals surface area contributed by atoms with E-state index in [2.05, 4.69) is 0 Å². The first-order chi connectivity index (χ1) is 9.08. The lowest BCUT2D eigenvalue weighted by molar-refractivity contribution is -0.140. The summed E-state index contributed by atoms with van der Waals surface area (Å²) in [4.78, 5) is 26.7. The van der Waals surface area contributed by atoms with Gasteiger partial charge in [0.15, 0.2) is 0 Å². The zero-order valence-electron chi connectivity index (χ0n) is 10.1. The minimum absolute atomic E-state index is 0.162. The fraction of sp³-hybridized carbons (Fsp3) is 0.385. The fourth-order valence-electron chi connectivity index (χ4n) is 2.70. The van der Waals surface area contributed by atoms with Gasteiger partial charge in [0.25, 0.3) is 0 Å². The average molecular weight is 266 g/mol. The van der Waals surface area contributed by atoms with Crippen LogP contribution >= 0.6 is 0 Å². The molecule has 1 aromatic rings. The van der Waals surface area contributed by atoms with Crippen LogP contribution in [-0.4, -0.2) is 35.8 Å². The maximum Gasteiger partial charge on any atom is 0.250 e. The molecule has 0 saturated carbocycles. The third kappa shape index (κ3) is 1.87. The molecule has 0 N–H and O–H groups in total. The molecule has 0 aliphatic carbocycles. The molecule has 2 aliphatic rings. The largest absolute Gasteiger partial charge is 0.329 e. The maximum absolute atomic E-state index is 13.7. The molecule has 3 rings (SSSR count). The van der Waals surface area contributed by atoms with Crippen LogP contribution in [0.15, 0.2) is 18.2 Å². The number of hydrogen-bond donors (Lipinski definition) is 0. The van der Waals surface area contributed by atoms with Crippen LogP contribution in [0.2, 0.25) is 0 Å². The number of carbonyl (C=O) groups excluding carboxylic acids is 2. The summed E-state index contributed by atoms with van der Waals surface area (Å²) < 4.78 is 26.9. The number of rotatable bonds is 1. The third-order valence-corrected chi connectivity index (χ3v) is 3.62. The number of piperazine rings is 1. The first-order valence-corrected chi connectivity index (χ1v) is 6.14. The molecule has 100 valence electrons. The van der Waals surface area contributed by atoms with Crippen molar-refractivity contribution in [2.45, 2.75) is 18.9 Å². The summed E-state index contributed by atoms with van der Waals surface area (Å²) in [7, 11) is 0. The Bertz CT molecular complexity index is 562. The van der Waals surface area contributed by atoms with Crippen molar-refractivity contribution >= 4 is 17.5 Å². The molecule has 2 amide bonds. The Balaban J connectivity index is 1.98. The number of hydrogen-bond acceptors (Lipinski definition) is 2. The van der Waals surface area contributed by atoms with Crippen molar-refractivity contribution in [1.29, 1.82) is 0 Å². The van der Waals surface area contributed by atoms with Gasteiger partial charge < -0.3 is 4.90 Å². The van der Waals surface area contributed by atoms with Crippen LogP contribution in [0, 0.1) is 11.6 Å². The van der Waals surface area contributed by atoms with Gasteiger partial charge >= 0.3 is 0 Å². The lowest BCUT2D eigenvalue weighted by Gasteiger charge is -2.36. The second kappa shape index (κ2) is 4.29. The molecule has 19 heavy (non-hydrogen) atoms. The Kier molecular flexibility index (Phi) is 2.73. The SMILES string of the molecule is O=C1C2CCCN2C(=O)CN1c1cc(F)ccc1F. The minimum Gasteiger partial charge on any atom is -0.329 e. The van der Waals surface area contributed by atoms with E-state index < -0.39 is 17.7 Å². The number of amides is 2. The van der Waals surface area contributed by atoms with Crippen LogP contribution in [0.25, 0.3) is 0 Å². The first kappa shape index (κ1) is 12.1. The number of anilines is 1. The number of nitrogens with zero attached hydrogens (tertiary/aromatic N) is 2. The molecule has 4 nitrogen and oxygen atoms in total. The van der Waals surface area contributed by atoms with Crippen LogP contribution < -0.4 is 4.90 Å². The van der Waals surface area contributed by atoms with Crippen molar-refractivity contribution in [2.75, 3.05) is 18.0 Å². The van der Waals surface area contributed by atoms with Crippen LogP contribution in [0.5, 0.6) is 0 Å². The monoisotopic (exact) mass is 266 g/mol. The zero-order valence-corrected chi connectivity index (χ0v) is 10.1. The molecule has 0 bridgehead atoms. The van der Waals surface area contributed by atoms with Crippen molar-refractivity contribution in [3.8, 4) is 0 Å². The molecule has 2 heterocycles. The molecule has 1 aromatic carbocycles. The van der Waals surface area contributed by atoms with E-state index >= 15 is 0 Å². The molecular weight excluding hydrogens is 254 g/mol. The lowest BCUT2D eigenvalue weighted by atomic mass is 10.1. The van der Waals surface area contributed by atoms with Crippen molar-refractivity contribution in [3.63, 3.8) is 0 Å². The summed E-state index contributed by atoms with van der Waals surface area (Å²) in [5.74, 6) is -1.88. The predicted octanol–water partition coefficient (Wildman–Crippen LogP) is 1.30. The van der Waals surface area contributed by atoms with E-state index in [-0.39, 0.29) is 24.0 Å². The standard InChI is InChI=1S/C13H12F2N2O2/c14-8-3-4-9(15)11(6-8)17-7-12(18)16-5-1-2-10(16)13(17)19/h3-4,6,10H,1-2,5,7H2. The highest BCUT2D eigenvalue weighted by Gasteiger charge is 2.43. The normalized spacial score (nSPS) is 22.9. The molecule has 2 fully saturated rings. The average Bonchev–Trinajstić information content (AvgIpc) is 2.87. The number of benzene rings is 1. The summed E-state index contributed by atoms with van der Waals surface area (Å²) in [6.07, 6.45) is 1.35. The maximum atomic E-state index is 13.7. The summed E-state index contributed by atoms with van der Waals surface area (Å²) in [5.41, 5.74) is -0.162. The van der Waals surface area contributed by atoms with Crippen molar-refractivity contribution in [3.05, 3.63) is 29.8 Å². The van der Waals surface area contributed by atoms with Crippen LogP contribution in [0.3, 0.4) is 0 Å². The van der Waals surface area contributed by atoms with E-state index in [1.165, 1.54) is 4.90 Å². The lowest BCUT2D eigenvalue weighted by Crippen LogP contribution is -2.57. The highest BCUT2D eigenvalue weighted by atomic mass is 19.1. The topological polar surface area (TPSA) is 40.6 Å². The van der Waals surface area contributed by atoms with E-state index in [1.54, 1.807) is 0 Å². The van der Waals surface area contributed by atoms with Crippen LogP contribution in [-0.2, 0) is 9.59 Å². The van der Waals surface area contributed by atoms with Gasteiger partial charge in [-0.1, -0.05) is 0 Å². The minimum atomic E-state index is -0.700. The second-order valence-electron chi connectivity index (χ2n) is 4.77. The molecule has 1 atom stereocenters. The van der Waals surface area contributed by atoms with Gasteiger partial charge in [0.1, 0.15) is 24.2 Å². The van der Waals surface area contributed by atoms with Gasteiger partial charge in [0, 0.05) is 12.6 Å². The fourth-order valence-corrected chi connectivity index (χ4v) is 2.70. The van der Waals surface area contributed by atoms with E-state index in [4.69, 9.17) is 0 Å². The summed E-state index contributed by atoms with van der Waals surface area (Å²) in [5, 5.41) is 0. The van der Waals surface area contributed by atoms with Crippen molar-refractivity contribution in [1.82, 2.24) is 4.90 Å². The Morgan fingerprint density at radius 1 is 1.21 bits per heavy atom. The summed E-state index contributed by atoms with van der Waals surface area (Å²) in [6.45, 7) is 0.338. The molecular formula is C13H12F2N2O2. The molecule has 2 saturated heterocycles. The van der Waals surface area contributed by atoms with E-state index in [1.807, 2.05) is 0 Å². The van der Waals surface area contributed by atoms with Gasteiger partial charge in [-0.25, -0.2) is 8.78 Å². The number of fused-ring (bicyclic) bond motifs is 1. The highest BCUT2D eigenvalue weighted by Crippen LogP contribution is 2.29. The number of carbonyl (C=O) groups is 2. The van der Waals surface area contributed by atoms with Gasteiger partial charge in [0.05, 0.1) is 5.69 Å². The van der Waals surface area contributed by atoms with Crippen LogP contribution in [0.1, 0.15) is 12.8 Å². The van der Waals surface area contributed by atoms with Crippen molar-refractivity contribution in [2.24, 2.45) is 0 Å².